The molecule has 0 aromatic heterocycles. The van der Waals surface area contributed by atoms with Gasteiger partial charge in [-0.3, -0.25) is 0 Å². The van der Waals surface area contributed by atoms with Gasteiger partial charge in [0.2, 0.25) is 0 Å². The van der Waals surface area contributed by atoms with Crippen LogP contribution in [0.1, 0.15) is 36.8 Å². The van der Waals surface area contributed by atoms with Gasteiger partial charge in [0.25, 0.3) is 0 Å². The standard InChI is InChI=1S/C46H37N/c1-3-12-30(13-4-1)32-16-11-17-36(24-32)47(43-21-10-8-18-38(43)31-14-5-2-6-15-31)37-22-23-42-40(28-37)39-19-7-9-20-41(39)46(42)35-26-33-25-34-27-44(46)45(33,34)29-35/h1-24,28,33-35,44H,25-27,29H2. The Kier molecular flexibility index (Phi) is 5.22. The first-order valence-electron chi connectivity index (χ1n) is 17.6. The fourth-order valence-electron chi connectivity index (χ4n) is 11.8. The topological polar surface area (TPSA) is 3.24 Å². The molecule has 6 atom stereocenters. The van der Waals surface area contributed by atoms with E-state index in [4.69, 9.17) is 0 Å². The van der Waals surface area contributed by atoms with E-state index < -0.39 is 0 Å². The lowest BCUT2D eigenvalue weighted by molar-refractivity contribution is -0.193. The molecule has 4 saturated carbocycles. The Labute approximate surface area is 277 Å². The number of rotatable bonds is 5. The average molecular weight is 604 g/mol. The fourth-order valence-corrected chi connectivity index (χ4v) is 11.8. The highest BCUT2D eigenvalue weighted by molar-refractivity contribution is 5.92. The maximum Gasteiger partial charge on any atom is 0.0540 e. The molecular weight excluding hydrogens is 567 g/mol. The second-order valence-electron chi connectivity index (χ2n) is 14.9. The van der Waals surface area contributed by atoms with Gasteiger partial charge in [-0.05, 0) is 124 Å². The zero-order chi connectivity index (χ0) is 30.7. The van der Waals surface area contributed by atoms with Crippen molar-refractivity contribution in [2.24, 2.45) is 29.1 Å². The average Bonchev–Trinajstić information content (AvgIpc) is 3.73. The van der Waals surface area contributed by atoms with Crippen molar-refractivity contribution in [2.45, 2.75) is 31.1 Å². The molecule has 0 saturated heterocycles. The van der Waals surface area contributed by atoms with Crippen molar-refractivity contribution in [1.29, 1.82) is 0 Å². The molecule has 0 radical (unpaired) electrons. The minimum absolute atomic E-state index is 0.206. The third-order valence-corrected chi connectivity index (χ3v) is 13.4. The molecule has 2 bridgehead atoms. The zero-order valence-electron chi connectivity index (χ0n) is 26.5. The van der Waals surface area contributed by atoms with Crippen molar-refractivity contribution in [3.8, 4) is 33.4 Å². The van der Waals surface area contributed by atoms with E-state index in [0.29, 0.717) is 5.41 Å². The maximum atomic E-state index is 2.56. The number of hydrogen-bond donors (Lipinski definition) is 0. The predicted molar refractivity (Wildman–Crippen MR) is 193 cm³/mol. The molecule has 11 rings (SSSR count). The summed E-state index contributed by atoms with van der Waals surface area (Å²) in [5.74, 6) is 3.61. The van der Waals surface area contributed by atoms with Crippen molar-refractivity contribution in [1.82, 2.24) is 0 Å². The Morgan fingerprint density at radius 2 is 1.09 bits per heavy atom. The lowest BCUT2D eigenvalue weighted by Gasteiger charge is -2.70. The first-order valence-corrected chi connectivity index (χ1v) is 17.6. The molecule has 0 aliphatic heterocycles. The van der Waals surface area contributed by atoms with Crippen LogP contribution in [0.4, 0.5) is 17.1 Å². The Morgan fingerprint density at radius 3 is 1.89 bits per heavy atom. The second kappa shape index (κ2) is 9.35. The molecule has 4 fully saturated rings. The lowest BCUT2D eigenvalue weighted by atomic mass is 9.34. The summed E-state index contributed by atoms with van der Waals surface area (Å²) < 4.78 is 0. The van der Waals surface area contributed by atoms with Crippen molar-refractivity contribution >= 4 is 17.1 Å². The Balaban J connectivity index is 1.12. The molecule has 0 amide bonds. The van der Waals surface area contributed by atoms with Crippen molar-refractivity contribution < 1.29 is 0 Å². The summed E-state index contributed by atoms with van der Waals surface area (Å²) in [5, 5.41) is 0. The highest BCUT2D eigenvalue weighted by Gasteiger charge is 2.82. The number of hydrogen-bond acceptors (Lipinski definition) is 1. The van der Waals surface area contributed by atoms with Crippen LogP contribution in [0.15, 0.2) is 152 Å². The van der Waals surface area contributed by atoms with Crippen LogP contribution in [0.3, 0.4) is 0 Å². The van der Waals surface area contributed by atoms with Crippen LogP contribution in [0, 0.1) is 29.1 Å². The van der Waals surface area contributed by atoms with Gasteiger partial charge in [0.05, 0.1) is 5.69 Å². The van der Waals surface area contributed by atoms with Crippen LogP contribution in [0.5, 0.6) is 0 Å². The summed E-state index contributed by atoms with van der Waals surface area (Å²) in [6, 6.07) is 56.7. The molecule has 6 unspecified atom stereocenters. The smallest absolute Gasteiger partial charge is 0.0540 e. The number of nitrogens with zero attached hydrogens (tertiary/aromatic N) is 1. The van der Waals surface area contributed by atoms with E-state index in [1.807, 2.05) is 0 Å². The molecule has 5 aliphatic rings. The monoisotopic (exact) mass is 603 g/mol. The van der Waals surface area contributed by atoms with Gasteiger partial charge in [-0.2, -0.15) is 0 Å². The molecule has 6 aromatic carbocycles. The van der Waals surface area contributed by atoms with E-state index in [2.05, 4.69) is 157 Å². The van der Waals surface area contributed by atoms with E-state index in [0.717, 1.165) is 23.7 Å². The van der Waals surface area contributed by atoms with Crippen LogP contribution >= 0.6 is 0 Å². The normalized spacial score (nSPS) is 28.3. The first kappa shape index (κ1) is 26.2. The van der Waals surface area contributed by atoms with E-state index in [9.17, 15) is 0 Å². The first-order chi connectivity index (χ1) is 23.3. The number of para-hydroxylation sites is 1. The van der Waals surface area contributed by atoms with Crippen LogP contribution in [0.2, 0.25) is 0 Å². The maximum absolute atomic E-state index is 2.56. The van der Waals surface area contributed by atoms with E-state index in [1.165, 1.54) is 76.1 Å². The zero-order valence-corrected chi connectivity index (χ0v) is 26.5. The van der Waals surface area contributed by atoms with Gasteiger partial charge in [-0.25, -0.2) is 0 Å². The van der Waals surface area contributed by atoms with Gasteiger partial charge in [-0.15, -0.1) is 0 Å². The Morgan fingerprint density at radius 1 is 0.447 bits per heavy atom. The predicted octanol–water partition coefficient (Wildman–Crippen LogP) is 11.8. The second-order valence-corrected chi connectivity index (χ2v) is 14.9. The Hall–Kier alpha value is -4.88. The van der Waals surface area contributed by atoms with Crippen molar-refractivity contribution in [2.75, 3.05) is 4.90 Å². The minimum Gasteiger partial charge on any atom is -0.310 e. The molecule has 0 N–H and O–H groups in total. The van der Waals surface area contributed by atoms with Crippen LogP contribution < -0.4 is 4.90 Å². The molecule has 1 nitrogen and oxygen atoms in total. The van der Waals surface area contributed by atoms with Gasteiger partial charge in [0.15, 0.2) is 0 Å². The quantitative estimate of drug-likeness (QED) is 0.189. The molecule has 2 spiro atoms. The highest BCUT2D eigenvalue weighted by atomic mass is 15.1. The van der Waals surface area contributed by atoms with E-state index in [-0.39, 0.29) is 5.41 Å². The molecule has 1 heteroatoms. The summed E-state index contributed by atoms with van der Waals surface area (Å²) in [5.41, 5.74) is 15.6. The molecule has 6 aromatic rings. The van der Waals surface area contributed by atoms with Crippen LogP contribution in [0.25, 0.3) is 33.4 Å². The van der Waals surface area contributed by atoms with Crippen LogP contribution in [-0.2, 0) is 5.41 Å². The van der Waals surface area contributed by atoms with E-state index in [1.54, 1.807) is 11.1 Å². The molecular formula is C46H37N. The van der Waals surface area contributed by atoms with Gasteiger partial charge in [-0.1, -0.05) is 121 Å². The summed E-state index contributed by atoms with van der Waals surface area (Å²) in [6.07, 6.45) is 5.84. The summed E-state index contributed by atoms with van der Waals surface area (Å²) in [6.45, 7) is 0. The third kappa shape index (κ3) is 3.25. The van der Waals surface area contributed by atoms with Gasteiger partial charge in [0.1, 0.15) is 0 Å². The largest absolute Gasteiger partial charge is 0.310 e. The lowest BCUT2D eigenvalue weighted by Crippen LogP contribution is -2.65. The van der Waals surface area contributed by atoms with Crippen molar-refractivity contribution in [3.05, 3.63) is 163 Å². The van der Waals surface area contributed by atoms with Gasteiger partial charge < -0.3 is 4.90 Å². The number of fused-ring (bicyclic) bond motifs is 8. The fraction of sp³-hybridized carbons (Fsp3) is 0.217. The number of anilines is 3. The Bertz CT molecular complexity index is 2200. The summed E-state index contributed by atoms with van der Waals surface area (Å²) >= 11 is 0. The number of benzene rings is 6. The molecule has 5 aliphatic carbocycles. The summed E-state index contributed by atoms with van der Waals surface area (Å²) in [7, 11) is 0. The van der Waals surface area contributed by atoms with Crippen LogP contribution in [-0.4, -0.2) is 0 Å². The van der Waals surface area contributed by atoms with Crippen molar-refractivity contribution in [3.63, 3.8) is 0 Å². The highest BCUT2D eigenvalue weighted by Crippen LogP contribution is 2.88. The molecule has 226 valence electrons. The van der Waals surface area contributed by atoms with Gasteiger partial charge in [0, 0.05) is 22.4 Å². The SMILES string of the molecule is c1ccc(-c2cccc(N(c3ccc4c(c3)-c3ccccc3C43C4CC5CC6CC3C56C4)c3ccccc3-c3ccccc3)c2)cc1. The third-order valence-electron chi connectivity index (χ3n) is 13.4. The van der Waals surface area contributed by atoms with E-state index >= 15 is 0 Å². The van der Waals surface area contributed by atoms with Gasteiger partial charge >= 0.3 is 0 Å². The molecule has 47 heavy (non-hydrogen) atoms. The summed E-state index contributed by atoms with van der Waals surface area (Å²) in [4.78, 5) is 2.50. The molecule has 0 heterocycles. The minimum atomic E-state index is 0.206.